The zero-order chi connectivity index (χ0) is 14.5. The Kier molecular flexibility index (Phi) is 5.13. The van der Waals surface area contributed by atoms with Crippen molar-refractivity contribution in [1.29, 1.82) is 0 Å². The molecule has 19 heavy (non-hydrogen) atoms. The van der Waals surface area contributed by atoms with Crippen LogP contribution in [0, 0.1) is 0 Å². The van der Waals surface area contributed by atoms with E-state index in [1.165, 1.54) is 12.2 Å². The van der Waals surface area contributed by atoms with Gasteiger partial charge in [-0.2, -0.15) is 17.5 Å². The fourth-order valence-corrected chi connectivity index (χ4v) is 2.30. The molecule has 1 aromatic rings. The van der Waals surface area contributed by atoms with Crippen molar-refractivity contribution in [3.05, 3.63) is 48.0 Å². The van der Waals surface area contributed by atoms with Crippen LogP contribution in [0.4, 0.5) is 13.2 Å². The highest BCUT2D eigenvalue weighted by atomic mass is 32.2. The second-order valence-electron chi connectivity index (χ2n) is 3.80. The van der Waals surface area contributed by atoms with Crippen LogP contribution in [0.1, 0.15) is 12.5 Å². The number of rotatable bonds is 5. The molecule has 0 unspecified atom stereocenters. The summed E-state index contributed by atoms with van der Waals surface area (Å²) in [5.41, 5.74) is -4.79. The van der Waals surface area contributed by atoms with E-state index in [0.29, 0.717) is 9.87 Å². The van der Waals surface area contributed by atoms with Gasteiger partial charge in [-0.25, -0.2) is 8.42 Å². The third-order valence-corrected chi connectivity index (χ3v) is 3.92. The van der Waals surface area contributed by atoms with E-state index in [2.05, 4.69) is 0 Å². The van der Waals surface area contributed by atoms with E-state index in [-0.39, 0.29) is 13.1 Å². The van der Waals surface area contributed by atoms with Crippen LogP contribution >= 0.6 is 0 Å². The normalized spacial score (nSPS) is 13.3. The first-order chi connectivity index (χ1) is 8.79. The van der Waals surface area contributed by atoms with Gasteiger partial charge in [0.05, 0.1) is 0 Å². The van der Waals surface area contributed by atoms with Crippen molar-refractivity contribution >= 4 is 10.0 Å². The Labute approximate surface area is 110 Å². The van der Waals surface area contributed by atoms with Gasteiger partial charge in [-0.05, 0) is 12.5 Å². The Morgan fingerprint density at radius 1 is 1.21 bits per heavy atom. The van der Waals surface area contributed by atoms with Crippen LogP contribution in [0.3, 0.4) is 0 Å². The molecule has 1 rings (SSSR count). The summed E-state index contributed by atoms with van der Waals surface area (Å²) in [5, 5.41) is 0. The number of sulfonamides is 1. The largest absolute Gasteiger partial charge is 0.511 e. The van der Waals surface area contributed by atoms with E-state index in [1.54, 1.807) is 37.3 Å². The molecule has 1 aromatic carbocycles. The lowest BCUT2D eigenvalue weighted by atomic mass is 10.2. The van der Waals surface area contributed by atoms with Crippen LogP contribution in [0.2, 0.25) is 0 Å². The Bertz CT molecular complexity index is 524. The molecule has 0 N–H and O–H groups in total. The van der Waals surface area contributed by atoms with Crippen LogP contribution in [0.15, 0.2) is 42.5 Å². The highest BCUT2D eigenvalue weighted by molar-refractivity contribution is 7.89. The molecular formula is C12H14F3NO2S. The molecule has 106 valence electrons. The summed E-state index contributed by atoms with van der Waals surface area (Å²) >= 11 is 0. The summed E-state index contributed by atoms with van der Waals surface area (Å²) < 4.78 is 60.9. The maximum Gasteiger partial charge on any atom is 0.511 e. The van der Waals surface area contributed by atoms with E-state index in [0.717, 1.165) is 0 Å². The summed E-state index contributed by atoms with van der Waals surface area (Å²) in [6.45, 7) is 0.987. The molecule has 0 saturated heterocycles. The van der Waals surface area contributed by atoms with Gasteiger partial charge < -0.3 is 0 Å². The van der Waals surface area contributed by atoms with E-state index < -0.39 is 15.5 Å². The average molecular weight is 293 g/mol. The summed E-state index contributed by atoms with van der Waals surface area (Å²) in [5.74, 6) is 0. The molecule has 3 nitrogen and oxygen atoms in total. The predicted octanol–water partition coefficient (Wildman–Crippen LogP) is 2.91. The molecule has 0 amide bonds. The van der Waals surface area contributed by atoms with Crippen LogP contribution < -0.4 is 0 Å². The molecule has 0 bridgehead atoms. The Hall–Kier alpha value is -1.34. The maximum atomic E-state index is 12.6. The standard InChI is InChI=1S/C12H14F3NO2S/c1-2-3-9-16(19(17,18)12(13,14)15)10-11-7-5-4-6-8-11/h2-8H,9-10H2,1H3/b3-2+. The predicted molar refractivity (Wildman–Crippen MR) is 66.6 cm³/mol. The minimum atomic E-state index is -5.33. The minimum Gasteiger partial charge on any atom is -0.203 e. The topological polar surface area (TPSA) is 37.4 Å². The second-order valence-corrected chi connectivity index (χ2v) is 5.73. The number of hydrogen-bond acceptors (Lipinski definition) is 2. The Morgan fingerprint density at radius 2 is 1.79 bits per heavy atom. The lowest BCUT2D eigenvalue weighted by molar-refractivity contribution is -0.0488. The van der Waals surface area contributed by atoms with Crippen molar-refractivity contribution in [3.8, 4) is 0 Å². The van der Waals surface area contributed by atoms with Gasteiger partial charge in [0.15, 0.2) is 0 Å². The number of hydrogen-bond donors (Lipinski definition) is 0. The van der Waals surface area contributed by atoms with Gasteiger partial charge in [0, 0.05) is 13.1 Å². The van der Waals surface area contributed by atoms with Gasteiger partial charge in [-0.1, -0.05) is 42.5 Å². The van der Waals surface area contributed by atoms with Gasteiger partial charge in [-0.3, -0.25) is 0 Å². The molecule has 0 aromatic heterocycles. The lowest BCUT2D eigenvalue weighted by Crippen LogP contribution is -2.40. The molecule has 0 saturated carbocycles. The molecule has 0 heterocycles. The van der Waals surface area contributed by atoms with Gasteiger partial charge in [-0.15, -0.1) is 0 Å². The van der Waals surface area contributed by atoms with Gasteiger partial charge in [0.2, 0.25) is 0 Å². The van der Waals surface area contributed by atoms with Crippen molar-refractivity contribution in [1.82, 2.24) is 4.31 Å². The first-order valence-electron chi connectivity index (χ1n) is 5.50. The zero-order valence-corrected chi connectivity index (χ0v) is 11.1. The Balaban J connectivity index is 3.03. The van der Waals surface area contributed by atoms with E-state index in [1.807, 2.05) is 0 Å². The fraction of sp³-hybridized carbons (Fsp3) is 0.333. The van der Waals surface area contributed by atoms with Crippen molar-refractivity contribution in [2.24, 2.45) is 0 Å². The first kappa shape index (κ1) is 15.7. The van der Waals surface area contributed by atoms with Crippen LogP contribution in [-0.2, 0) is 16.6 Å². The molecule has 0 aliphatic heterocycles. The lowest BCUT2D eigenvalue weighted by Gasteiger charge is -2.22. The first-order valence-corrected chi connectivity index (χ1v) is 6.94. The molecule has 0 aliphatic rings. The second kappa shape index (κ2) is 6.21. The fourth-order valence-electron chi connectivity index (χ4n) is 1.40. The number of halogens is 3. The number of nitrogens with zero attached hydrogens (tertiary/aromatic N) is 1. The van der Waals surface area contributed by atoms with Gasteiger partial charge in [0.1, 0.15) is 0 Å². The average Bonchev–Trinajstić information content (AvgIpc) is 2.34. The Morgan fingerprint density at radius 3 is 2.26 bits per heavy atom. The number of allylic oxidation sites excluding steroid dienone is 1. The highest BCUT2D eigenvalue weighted by Crippen LogP contribution is 2.27. The van der Waals surface area contributed by atoms with Crippen molar-refractivity contribution in [2.75, 3.05) is 6.54 Å². The van der Waals surface area contributed by atoms with E-state index >= 15 is 0 Å². The van der Waals surface area contributed by atoms with Crippen LogP contribution in [-0.4, -0.2) is 24.8 Å². The summed E-state index contributed by atoms with van der Waals surface area (Å²) in [4.78, 5) is 0. The molecular weight excluding hydrogens is 279 g/mol. The molecule has 0 spiro atoms. The number of benzene rings is 1. The van der Waals surface area contributed by atoms with Crippen molar-refractivity contribution in [3.63, 3.8) is 0 Å². The SMILES string of the molecule is C/C=C/CN(Cc1ccccc1)S(=O)(=O)C(F)(F)F. The zero-order valence-electron chi connectivity index (χ0n) is 10.3. The van der Waals surface area contributed by atoms with Crippen LogP contribution in [0.25, 0.3) is 0 Å². The number of alkyl halides is 3. The molecule has 7 heteroatoms. The molecule has 0 aliphatic carbocycles. The van der Waals surface area contributed by atoms with E-state index in [9.17, 15) is 21.6 Å². The third kappa shape index (κ3) is 4.07. The monoisotopic (exact) mass is 293 g/mol. The summed E-state index contributed by atoms with van der Waals surface area (Å²) in [6.07, 6.45) is 2.87. The smallest absolute Gasteiger partial charge is 0.203 e. The van der Waals surface area contributed by atoms with E-state index in [4.69, 9.17) is 0 Å². The van der Waals surface area contributed by atoms with Crippen molar-refractivity contribution in [2.45, 2.75) is 19.0 Å². The van der Waals surface area contributed by atoms with Crippen molar-refractivity contribution < 1.29 is 21.6 Å². The van der Waals surface area contributed by atoms with Gasteiger partial charge in [0.25, 0.3) is 0 Å². The highest BCUT2D eigenvalue weighted by Gasteiger charge is 2.49. The molecule has 0 atom stereocenters. The molecule has 0 radical (unpaired) electrons. The van der Waals surface area contributed by atoms with Gasteiger partial charge >= 0.3 is 15.5 Å². The maximum absolute atomic E-state index is 12.6. The quantitative estimate of drug-likeness (QED) is 0.783. The minimum absolute atomic E-state index is 0.312. The summed E-state index contributed by atoms with van der Waals surface area (Å²) in [7, 11) is -5.33. The third-order valence-electron chi connectivity index (χ3n) is 2.38. The molecule has 0 fully saturated rings. The van der Waals surface area contributed by atoms with Crippen LogP contribution in [0.5, 0.6) is 0 Å². The summed E-state index contributed by atoms with van der Waals surface area (Å²) in [6, 6.07) is 8.15.